The lowest BCUT2D eigenvalue weighted by Crippen LogP contribution is -2.61. The molecule has 0 bridgehead atoms. The molecule has 14 nitrogen and oxygen atoms in total. The lowest BCUT2D eigenvalue weighted by Gasteiger charge is -2.41. The number of phenols is 1. The van der Waals surface area contributed by atoms with Crippen LogP contribution in [0.4, 0.5) is 0 Å². The minimum Gasteiger partial charge on any atom is -0.508 e. The molecule has 3 heterocycles. The van der Waals surface area contributed by atoms with Crippen molar-refractivity contribution in [2.75, 3.05) is 20.3 Å². The minimum absolute atomic E-state index is 0.0242. The van der Waals surface area contributed by atoms with E-state index in [0.717, 1.165) is 0 Å². The molecule has 0 radical (unpaired) electrons. The molecule has 1 aromatic heterocycles. The van der Waals surface area contributed by atoms with Gasteiger partial charge in [-0.05, 0) is 24.3 Å². The average molecular weight is 579 g/mol. The first kappa shape index (κ1) is 29.2. The van der Waals surface area contributed by atoms with E-state index in [-0.39, 0.29) is 40.6 Å². The van der Waals surface area contributed by atoms with E-state index in [4.69, 9.17) is 28.1 Å². The molecule has 0 amide bonds. The summed E-state index contributed by atoms with van der Waals surface area (Å²) in [7, 11) is 1.38. The van der Waals surface area contributed by atoms with Crippen molar-refractivity contribution in [3.05, 3.63) is 52.7 Å². The standard InChI is InChI=1S/C27H30O14/c1-36-13-6-17-20(14(29)8-16(39-17)11-2-4-12(28)5-3-11)18(7-13)40-27-25(35)23(33)22(32)19(41-27)10-38-26-24(34)21(31)15(30)9-37-26/h2-8,15,19,21-28,30-35H,9-10H2,1H3/t15-,19-,21+,22-,23+,24-,25-,26-,27+/m1/s1. The van der Waals surface area contributed by atoms with Crippen LogP contribution < -0.4 is 14.9 Å². The van der Waals surface area contributed by atoms with Crippen molar-refractivity contribution in [2.24, 2.45) is 0 Å². The minimum atomic E-state index is -1.76. The Labute approximate surface area is 232 Å². The van der Waals surface area contributed by atoms with Gasteiger partial charge < -0.3 is 63.8 Å². The zero-order valence-corrected chi connectivity index (χ0v) is 21.6. The maximum Gasteiger partial charge on any atom is 0.229 e. The van der Waals surface area contributed by atoms with E-state index in [1.165, 1.54) is 37.4 Å². The molecule has 9 atom stereocenters. The highest BCUT2D eigenvalue weighted by Gasteiger charge is 2.46. The maximum atomic E-state index is 13.2. The van der Waals surface area contributed by atoms with Gasteiger partial charge in [-0.3, -0.25) is 4.79 Å². The Hall–Kier alpha value is -3.31. The molecule has 3 aromatic rings. The fourth-order valence-electron chi connectivity index (χ4n) is 4.60. The van der Waals surface area contributed by atoms with Crippen LogP contribution in [0, 0.1) is 0 Å². The molecule has 2 saturated heterocycles. The first-order valence-corrected chi connectivity index (χ1v) is 12.7. The highest BCUT2D eigenvalue weighted by molar-refractivity contribution is 5.86. The maximum absolute atomic E-state index is 13.2. The monoisotopic (exact) mass is 578 g/mol. The highest BCUT2D eigenvalue weighted by atomic mass is 16.7. The van der Waals surface area contributed by atoms with Gasteiger partial charge in [0.2, 0.25) is 6.29 Å². The molecule has 2 fully saturated rings. The summed E-state index contributed by atoms with van der Waals surface area (Å²) in [6, 6.07) is 10.1. The Kier molecular flexibility index (Phi) is 8.47. The largest absolute Gasteiger partial charge is 0.508 e. The number of fused-ring (bicyclic) bond motifs is 1. The van der Waals surface area contributed by atoms with E-state index in [1.807, 2.05) is 0 Å². The number of hydrogen-bond acceptors (Lipinski definition) is 14. The number of rotatable bonds is 7. The fraction of sp³-hybridized carbons (Fsp3) is 0.444. The first-order chi connectivity index (χ1) is 19.6. The SMILES string of the molecule is COc1cc(O[C@H]2O[C@H](CO[C@H]3OC[C@@H](O)[C@H](O)[C@H]3O)[C@@H](O)[C@H](O)[C@H]2O)c2c(=O)cc(-c3ccc(O)cc3)oc2c1. The lowest BCUT2D eigenvalue weighted by atomic mass is 9.99. The first-order valence-electron chi connectivity index (χ1n) is 12.7. The van der Waals surface area contributed by atoms with E-state index >= 15 is 0 Å². The molecular formula is C27H30O14. The molecule has 0 unspecified atom stereocenters. The molecule has 41 heavy (non-hydrogen) atoms. The van der Waals surface area contributed by atoms with Crippen LogP contribution in [0.25, 0.3) is 22.3 Å². The Morgan fingerprint density at radius 1 is 0.878 bits per heavy atom. The summed E-state index contributed by atoms with van der Waals surface area (Å²) < 4.78 is 33.3. The Balaban J connectivity index is 1.40. The predicted octanol–water partition coefficient (Wildman–Crippen LogP) is -1.18. The second kappa shape index (κ2) is 11.9. The molecular weight excluding hydrogens is 548 g/mol. The molecule has 0 spiro atoms. The third kappa shape index (κ3) is 5.88. The molecule has 7 N–H and O–H groups in total. The van der Waals surface area contributed by atoms with Gasteiger partial charge in [0.05, 0.1) is 20.3 Å². The van der Waals surface area contributed by atoms with Gasteiger partial charge in [0.25, 0.3) is 0 Å². The number of aliphatic hydroxyl groups is 6. The lowest BCUT2D eigenvalue weighted by molar-refractivity contribution is -0.307. The van der Waals surface area contributed by atoms with Gasteiger partial charge in [0.1, 0.15) is 76.7 Å². The normalized spacial score (nSPS) is 32.1. The van der Waals surface area contributed by atoms with Crippen LogP contribution in [0.3, 0.4) is 0 Å². The van der Waals surface area contributed by atoms with E-state index in [9.17, 15) is 40.5 Å². The highest BCUT2D eigenvalue weighted by Crippen LogP contribution is 2.34. The van der Waals surface area contributed by atoms with Crippen LogP contribution in [-0.4, -0.2) is 111 Å². The number of ether oxygens (including phenoxy) is 5. The van der Waals surface area contributed by atoms with Crippen LogP contribution >= 0.6 is 0 Å². The van der Waals surface area contributed by atoms with E-state index in [1.54, 1.807) is 12.1 Å². The average Bonchev–Trinajstić information content (AvgIpc) is 2.96. The van der Waals surface area contributed by atoms with Gasteiger partial charge in [-0.2, -0.15) is 0 Å². The number of benzene rings is 2. The van der Waals surface area contributed by atoms with Crippen molar-refractivity contribution >= 4 is 11.0 Å². The van der Waals surface area contributed by atoms with Gasteiger partial charge >= 0.3 is 0 Å². The van der Waals surface area contributed by atoms with Crippen molar-refractivity contribution in [3.63, 3.8) is 0 Å². The Morgan fingerprint density at radius 3 is 2.29 bits per heavy atom. The Morgan fingerprint density at radius 2 is 1.59 bits per heavy atom. The van der Waals surface area contributed by atoms with Crippen LogP contribution in [-0.2, 0) is 14.2 Å². The zero-order valence-electron chi connectivity index (χ0n) is 21.6. The second-order valence-electron chi connectivity index (χ2n) is 9.74. The molecule has 2 aliphatic rings. The predicted molar refractivity (Wildman–Crippen MR) is 137 cm³/mol. The summed E-state index contributed by atoms with van der Waals surface area (Å²) in [6.45, 7) is -0.795. The van der Waals surface area contributed by atoms with Crippen molar-refractivity contribution < 1.29 is 63.8 Å². The van der Waals surface area contributed by atoms with Gasteiger partial charge in [0, 0.05) is 23.8 Å². The van der Waals surface area contributed by atoms with E-state index < -0.39 is 67.3 Å². The summed E-state index contributed by atoms with van der Waals surface area (Å²) >= 11 is 0. The summed E-state index contributed by atoms with van der Waals surface area (Å²) in [5.74, 6) is 0.362. The number of hydrogen-bond donors (Lipinski definition) is 7. The van der Waals surface area contributed by atoms with Crippen LogP contribution in [0.1, 0.15) is 0 Å². The topological polar surface area (TPSA) is 218 Å². The van der Waals surface area contributed by atoms with Gasteiger partial charge in [-0.25, -0.2) is 0 Å². The smallest absolute Gasteiger partial charge is 0.229 e. The molecule has 5 rings (SSSR count). The molecule has 222 valence electrons. The summed E-state index contributed by atoms with van der Waals surface area (Å²) in [5, 5.41) is 70.6. The summed E-state index contributed by atoms with van der Waals surface area (Å²) in [5.41, 5.74) is 0.0824. The second-order valence-corrected chi connectivity index (χ2v) is 9.74. The summed E-state index contributed by atoms with van der Waals surface area (Å²) in [4.78, 5) is 13.2. The van der Waals surface area contributed by atoms with Crippen molar-refractivity contribution in [3.8, 4) is 28.6 Å². The fourth-order valence-corrected chi connectivity index (χ4v) is 4.60. The van der Waals surface area contributed by atoms with Gasteiger partial charge in [-0.15, -0.1) is 0 Å². The van der Waals surface area contributed by atoms with Gasteiger partial charge in [-0.1, -0.05) is 0 Å². The van der Waals surface area contributed by atoms with Crippen molar-refractivity contribution in [2.45, 2.75) is 55.3 Å². The molecule has 14 heteroatoms. The van der Waals surface area contributed by atoms with Crippen LogP contribution in [0.15, 0.2) is 51.7 Å². The number of methoxy groups -OCH3 is 1. The van der Waals surface area contributed by atoms with E-state index in [2.05, 4.69) is 0 Å². The Bertz CT molecular complexity index is 1410. The number of aliphatic hydroxyl groups excluding tert-OH is 6. The zero-order chi connectivity index (χ0) is 29.4. The molecule has 0 saturated carbocycles. The number of phenolic OH excluding ortho intramolecular Hbond substituents is 1. The molecule has 2 aromatic carbocycles. The number of aromatic hydroxyl groups is 1. The van der Waals surface area contributed by atoms with E-state index in [0.29, 0.717) is 5.56 Å². The quantitative estimate of drug-likeness (QED) is 0.176. The van der Waals surface area contributed by atoms with Gasteiger partial charge in [0.15, 0.2) is 11.7 Å². The third-order valence-electron chi connectivity index (χ3n) is 6.95. The summed E-state index contributed by atoms with van der Waals surface area (Å²) in [6.07, 6.45) is -13.9. The van der Waals surface area contributed by atoms with Crippen molar-refractivity contribution in [1.82, 2.24) is 0 Å². The third-order valence-corrected chi connectivity index (χ3v) is 6.95. The van der Waals surface area contributed by atoms with Crippen LogP contribution in [0.2, 0.25) is 0 Å². The van der Waals surface area contributed by atoms with Crippen LogP contribution in [0.5, 0.6) is 17.2 Å². The van der Waals surface area contributed by atoms with Crippen molar-refractivity contribution in [1.29, 1.82) is 0 Å². The molecule has 2 aliphatic heterocycles. The molecule has 0 aliphatic carbocycles.